The van der Waals surface area contributed by atoms with Gasteiger partial charge in [-0.3, -0.25) is 0 Å². The summed E-state index contributed by atoms with van der Waals surface area (Å²) in [7, 11) is 0. The Hall–Kier alpha value is -1.59. The number of rotatable bonds is 7. The first-order valence-corrected chi connectivity index (χ1v) is 9.87. The Morgan fingerprint density at radius 2 is 1.67 bits per heavy atom. The van der Waals surface area contributed by atoms with E-state index in [2.05, 4.69) is 92.2 Å². The van der Waals surface area contributed by atoms with Gasteiger partial charge in [-0.15, -0.1) is 10.2 Å². The molecule has 0 aliphatic heterocycles. The topological polar surface area (TPSA) is 30.7 Å². The molecule has 124 valence electrons. The molecule has 3 aromatic rings. The lowest BCUT2D eigenvalue weighted by atomic mass is 10.1. The molecule has 0 saturated carbocycles. The van der Waals surface area contributed by atoms with Gasteiger partial charge in [-0.2, -0.15) is 0 Å². The summed E-state index contributed by atoms with van der Waals surface area (Å²) in [5.41, 5.74) is 2.63. The third-order valence-corrected chi connectivity index (χ3v) is 5.44. The van der Waals surface area contributed by atoms with Crippen LogP contribution in [0.15, 0.2) is 64.2 Å². The van der Waals surface area contributed by atoms with Gasteiger partial charge in [0, 0.05) is 23.2 Å². The molecule has 0 saturated heterocycles. The second-order valence-corrected chi connectivity index (χ2v) is 7.40. The van der Waals surface area contributed by atoms with Gasteiger partial charge in [0.2, 0.25) is 0 Å². The fourth-order valence-electron chi connectivity index (χ4n) is 2.56. The molecule has 0 aliphatic rings. The SMILES string of the molecule is CCn1c(CCc2ccccc2)nnc1SCc1ccc(Br)cc1. The molecule has 0 atom stereocenters. The van der Waals surface area contributed by atoms with Crippen LogP contribution < -0.4 is 0 Å². The summed E-state index contributed by atoms with van der Waals surface area (Å²) in [4.78, 5) is 0. The van der Waals surface area contributed by atoms with E-state index in [1.54, 1.807) is 11.8 Å². The fraction of sp³-hybridized carbons (Fsp3) is 0.263. The highest BCUT2D eigenvalue weighted by Gasteiger charge is 2.11. The summed E-state index contributed by atoms with van der Waals surface area (Å²) in [6.07, 6.45) is 1.92. The van der Waals surface area contributed by atoms with Crippen molar-refractivity contribution in [2.45, 2.75) is 37.2 Å². The maximum absolute atomic E-state index is 4.41. The van der Waals surface area contributed by atoms with E-state index in [9.17, 15) is 0 Å². The van der Waals surface area contributed by atoms with E-state index in [1.807, 2.05) is 0 Å². The smallest absolute Gasteiger partial charge is 0.191 e. The number of halogens is 1. The van der Waals surface area contributed by atoms with E-state index in [0.717, 1.165) is 40.6 Å². The van der Waals surface area contributed by atoms with Crippen molar-refractivity contribution in [1.29, 1.82) is 0 Å². The second-order valence-electron chi connectivity index (χ2n) is 5.54. The zero-order valence-corrected chi connectivity index (χ0v) is 16.1. The molecule has 1 heterocycles. The molecule has 0 fully saturated rings. The molecule has 0 spiro atoms. The van der Waals surface area contributed by atoms with Gasteiger partial charge in [-0.05, 0) is 36.6 Å². The van der Waals surface area contributed by atoms with Crippen LogP contribution in [-0.4, -0.2) is 14.8 Å². The number of benzene rings is 2. The van der Waals surface area contributed by atoms with E-state index in [0.29, 0.717) is 0 Å². The minimum Gasteiger partial charge on any atom is -0.306 e. The molecule has 0 unspecified atom stereocenters. The van der Waals surface area contributed by atoms with Gasteiger partial charge in [-0.1, -0.05) is 70.2 Å². The van der Waals surface area contributed by atoms with Crippen LogP contribution in [0.3, 0.4) is 0 Å². The quantitative estimate of drug-likeness (QED) is 0.513. The monoisotopic (exact) mass is 401 g/mol. The van der Waals surface area contributed by atoms with Gasteiger partial charge < -0.3 is 4.57 Å². The van der Waals surface area contributed by atoms with E-state index < -0.39 is 0 Å². The van der Waals surface area contributed by atoms with Gasteiger partial charge >= 0.3 is 0 Å². The molecule has 5 heteroatoms. The van der Waals surface area contributed by atoms with E-state index in [1.165, 1.54) is 11.1 Å². The Kier molecular flexibility index (Phi) is 6.10. The molecule has 0 N–H and O–H groups in total. The van der Waals surface area contributed by atoms with Crippen LogP contribution in [0.4, 0.5) is 0 Å². The fourth-order valence-corrected chi connectivity index (χ4v) is 3.80. The van der Waals surface area contributed by atoms with Crippen LogP contribution in [0.5, 0.6) is 0 Å². The van der Waals surface area contributed by atoms with Crippen molar-refractivity contribution in [3.63, 3.8) is 0 Å². The molecular formula is C19H20BrN3S. The molecule has 3 rings (SSSR count). The second kappa shape index (κ2) is 8.49. The predicted molar refractivity (Wildman–Crippen MR) is 103 cm³/mol. The van der Waals surface area contributed by atoms with Gasteiger partial charge in [0.1, 0.15) is 5.82 Å². The van der Waals surface area contributed by atoms with Crippen LogP contribution in [0.1, 0.15) is 23.9 Å². The Morgan fingerprint density at radius 3 is 2.38 bits per heavy atom. The minimum absolute atomic E-state index is 0.903. The first-order valence-electron chi connectivity index (χ1n) is 8.09. The zero-order valence-electron chi connectivity index (χ0n) is 13.7. The Morgan fingerprint density at radius 1 is 0.917 bits per heavy atom. The van der Waals surface area contributed by atoms with E-state index >= 15 is 0 Å². The largest absolute Gasteiger partial charge is 0.306 e. The maximum atomic E-state index is 4.41. The van der Waals surface area contributed by atoms with Crippen LogP contribution in [0, 0.1) is 0 Å². The Labute approximate surface area is 155 Å². The third-order valence-electron chi connectivity index (χ3n) is 3.87. The molecule has 3 nitrogen and oxygen atoms in total. The van der Waals surface area contributed by atoms with Crippen molar-refractivity contribution < 1.29 is 0 Å². The lowest BCUT2D eigenvalue weighted by molar-refractivity contribution is 0.638. The van der Waals surface area contributed by atoms with Crippen molar-refractivity contribution >= 4 is 27.7 Å². The number of nitrogens with zero attached hydrogens (tertiary/aromatic N) is 3. The van der Waals surface area contributed by atoms with Crippen LogP contribution in [0.2, 0.25) is 0 Å². The molecule has 1 aromatic heterocycles. The molecule has 2 aromatic carbocycles. The minimum atomic E-state index is 0.903. The number of aryl methyl sites for hydroxylation is 2. The first kappa shape index (κ1) is 17.2. The Bertz CT molecular complexity index is 769. The average molecular weight is 402 g/mol. The first-order chi connectivity index (χ1) is 11.8. The van der Waals surface area contributed by atoms with Crippen molar-refractivity contribution in [3.8, 4) is 0 Å². The summed E-state index contributed by atoms with van der Waals surface area (Å²) in [5.74, 6) is 1.98. The van der Waals surface area contributed by atoms with Gasteiger partial charge in [0.25, 0.3) is 0 Å². The van der Waals surface area contributed by atoms with E-state index in [4.69, 9.17) is 0 Å². The van der Waals surface area contributed by atoms with Gasteiger partial charge in [-0.25, -0.2) is 0 Å². The predicted octanol–water partition coefficient (Wildman–Crippen LogP) is 5.14. The molecule has 24 heavy (non-hydrogen) atoms. The molecule has 0 aliphatic carbocycles. The van der Waals surface area contributed by atoms with Crippen LogP contribution >= 0.6 is 27.7 Å². The third kappa shape index (κ3) is 4.48. The van der Waals surface area contributed by atoms with Crippen molar-refractivity contribution in [2.24, 2.45) is 0 Å². The highest BCUT2D eigenvalue weighted by molar-refractivity contribution is 9.10. The Balaban J connectivity index is 1.64. The number of aromatic nitrogens is 3. The van der Waals surface area contributed by atoms with Crippen molar-refractivity contribution in [2.75, 3.05) is 0 Å². The molecule has 0 amide bonds. The normalized spacial score (nSPS) is 10.9. The summed E-state index contributed by atoms with van der Waals surface area (Å²) in [6.45, 7) is 3.05. The molecule has 0 radical (unpaired) electrons. The van der Waals surface area contributed by atoms with E-state index in [-0.39, 0.29) is 0 Å². The molecule has 0 bridgehead atoms. The average Bonchev–Trinajstić information content (AvgIpc) is 3.02. The summed E-state index contributed by atoms with van der Waals surface area (Å²) >= 11 is 5.22. The van der Waals surface area contributed by atoms with Crippen molar-refractivity contribution in [1.82, 2.24) is 14.8 Å². The summed E-state index contributed by atoms with van der Waals surface area (Å²) < 4.78 is 3.34. The highest BCUT2D eigenvalue weighted by Crippen LogP contribution is 2.23. The van der Waals surface area contributed by atoms with Gasteiger partial charge in [0.15, 0.2) is 5.16 Å². The lowest BCUT2D eigenvalue weighted by Crippen LogP contribution is -2.05. The van der Waals surface area contributed by atoms with Gasteiger partial charge in [0.05, 0.1) is 0 Å². The zero-order chi connectivity index (χ0) is 16.8. The maximum Gasteiger partial charge on any atom is 0.191 e. The summed E-state index contributed by atoms with van der Waals surface area (Å²) in [5, 5.41) is 9.81. The van der Waals surface area contributed by atoms with Crippen LogP contribution in [0.25, 0.3) is 0 Å². The lowest BCUT2D eigenvalue weighted by Gasteiger charge is -2.07. The van der Waals surface area contributed by atoms with Crippen molar-refractivity contribution in [3.05, 3.63) is 76.0 Å². The summed E-state index contributed by atoms with van der Waals surface area (Å²) in [6, 6.07) is 19.0. The number of hydrogen-bond donors (Lipinski definition) is 0. The number of thioether (sulfide) groups is 1. The molecular weight excluding hydrogens is 382 g/mol. The standard InChI is InChI=1S/C19H20BrN3S/c1-2-23-18(13-10-15-6-4-3-5-7-15)21-22-19(23)24-14-16-8-11-17(20)12-9-16/h3-9,11-12H,2,10,13-14H2,1H3. The number of hydrogen-bond acceptors (Lipinski definition) is 3. The van der Waals surface area contributed by atoms with Crippen LogP contribution in [-0.2, 0) is 25.1 Å². The highest BCUT2D eigenvalue weighted by atomic mass is 79.9.